The minimum absolute atomic E-state index is 0.0840. The summed E-state index contributed by atoms with van der Waals surface area (Å²) in [6.07, 6.45) is 0.933. The van der Waals surface area contributed by atoms with Gasteiger partial charge in [-0.3, -0.25) is 9.59 Å². The van der Waals surface area contributed by atoms with Crippen LogP contribution in [0.25, 0.3) is 10.9 Å². The fraction of sp³-hybridized carbons (Fsp3) is 0.150. The Bertz CT molecular complexity index is 1040. The Balaban J connectivity index is 1.67. The van der Waals surface area contributed by atoms with Crippen LogP contribution in [0.3, 0.4) is 0 Å². The molecule has 3 aromatic rings. The van der Waals surface area contributed by atoms with E-state index in [2.05, 4.69) is 10.3 Å². The number of nitriles is 1. The lowest BCUT2D eigenvalue weighted by Gasteiger charge is -2.07. The van der Waals surface area contributed by atoms with Gasteiger partial charge in [0.2, 0.25) is 5.91 Å². The molecule has 2 N–H and O–H groups in total. The zero-order valence-electron chi connectivity index (χ0n) is 13.8. The molecular weight excluding hydrogens is 314 g/mol. The lowest BCUT2D eigenvalue weighted by atomic mass is 10.1. The van der Waals surface area contributed by atoms with Gasteiger partial charge in [0.25, 0.3) is 5.56 Å². The molecule has 0 fully saturated rings. The maximum Gasteiger partial charge on any atom is 0.251 e. The van der Waals surface area contributed by atoms with Crippen LogP contribution in [0.2, 0.25) is 0 Å². The molecule has 0 bridgehead atoms. The van der Waals surface area contributed by atoms with Crippen molar-refractivity contribution in [2.45, 2.75) is 19.8 Å². The zero-order valence-corrected chi connectivity index (χ0v) is 13.8. The highest BCUT2D eigenvalue weighted by molar-refractivity contribution is 5.91. The van der Waals surface area contributed by atoms with E-state index in [1.807, 2.05) is 30.3 Å². The van der Waals surface area contributed by atoms with Crippen molar-refractivity contribution in [2.75, 3.05) is 5.32 Å². The number of nitrogens with zero attached hydrogens (tertiary/aromatic N) is 1. The molecule has 0 unspecified atom stereocenters. The third kappa shape index (κ3) is 3.93. The molecule has 124 valence electrons. The van der Waals surface area contributed by atoms with Gasteiger partial charge in [-0.25, -0.2) is 0 Å². The number of carbonyl (C=O) groups is 1. The Labute approximate surface area is 144 Å². The SMILES string of the molecule is Cc1cc2cc(CCC(=O)Nc3cccc(C#N)c3)ccc2[nH]c1=O. The summed E-state index contributed by atoms with van der Waals surface area (Å²) in [6, 6.07) is 16.5. The molecule has 1 aromatic heterocycles. The van der Waals surface area contributed by atoms with E-state index >= 15 is 0 Å². The molecule has 2 aromatic carbocycles. The normalized spacial score (nSPS) is 10.4. The number of benzene rings is 2. The average Bonchev–Trinajstić information content (AvgIpc) is 2.61. The fourth-order valence-electron chi connectivity index (χ4n) is 2.67. The lowest BCUT2D eigenvalue weighted by Crippen LogP contribution is -2.12. The Hall–Kier alpha value is -3.39. The number of aryl methyl sites for hydroxylation is 2. The number of hydrogen-bond acceptors (Lipinski definition) is 3. The first-order valence-corrected chi connectivity index (χ1v) is 7.98. The standard InChI is InChI=1S/C20H17N3O2/c1-13-9-16-10-14(5-7-18(16)23-20(13)25)6-8-19(24)22-17-4-2-3-15(11-17)12-21/h2-5,7,9-11H,6,8H2,1H3,(H,22,24)(H,23,25). The van der Waals surface area contributed by atoms with Crippen molar-refractivity contribution in [2.24, 2.45) is 0 Å². The van der Waals surface area contributed by atoms with Gasteiger partial charge in [0, 0.05) is 23.2 Å². The van der Waals surface area contributed by atoms with Crippen LogP contribution in [0.4, 0.5) is 5.69 Å². The predicted octanol–water partition coefficient (Wildman–Crippen LogP) is 3.28. The van der Waals surface area contributed by atoms with Crippen molar-refractivity contribution < 1.29 is 4.79 Å². The van der Waals surface area contributed by atoms with Crippen molar-refractivity contribution in [3.8, 4) is 6.07 Å². The van der Waals surface area contributed by atoms with Crippen molar-refractivity contribution in [1.29, 1.82) is 5.26 Å². The van der Waals surface area contributed by atoms with E-state index in [9.17, 15) is 9.59 Å². The summed E-state index contributed by atoms with van der Waals surface area (Å²) in [5.41, 5.74) is 3.53. The molecule has 0 saturated heterocycles. The van der Waals surface area contributed by atoms with E-state index in [0.717, 1.165) is 16.5 Å². The van der Waals surface area contributed by atoms with E-state index in [4.69, 9.17) is 5.26 Å². The van der Waals surface area contributed by atoms with E-state index < -0.39 is 0 Å². The summed E-state index contributed by atoms with van der Waals surface area (Å²) < 4.78 is 0. The number of amides is 1. The second-order valence-electron chi connectivity index (χ2n) is 5.94. The molecule has 0 aliphatic rings. The summed E-state index contributed by atoms with van der Waals surface area (Å²) in [6.45, 7) is 1.77. The van der Waals surface area contributed by atoms with E-state index in [1.165, 1.54) is 0 Å². The first-order chi connectivity index (χ1) is 12.0. The average molecular weight is 331 g/mol. The van der Waals surface area contributed by atoms with Gasteiger partial charge < -0.3 is 10.3 Å². The number of anilines is 1. The second kappa shape index (κ2) is 7.02. The number of carbonyl (C=O) groups excluding carboxylic acids is 1. The van der Waals surface area contributed by atoms with Crippen LogP contribution < -0.4 is 10.9 Å². The molecule has 0 aliphatic heterocycles. The van der Waals surface area contributed by atoms with Crippen LogP contribution in [0.1, 0.15) is 23.1 Å². The number of aromatic nitrogens is 1. The van der Waals surface area contributed by atoms with Gasteiger partial charge in [-0.2, -0.15) is 5.26 Å². The highest BCUT2D eigenvalue weighted by atomic mass is 16.1. The third-order valence-electron chi connectivity index (χ3n) is 4.01. The van der Waals surface area contributed by atoms with E-state index in [0.29, 0.717) is 29.7 Å². The smallest absolute Gasteiger partial charge is 0.251 e. The largest absolute Gasteiger partial charge is 0.326 e. The molecule has 1 heterocycles. The maximum absolute atomic E-state index is 12.1. The molecule has 1 amide bonds. The molecule has 0 saturated carbocycles. The van der Waals surface area contributed by atoms with Crippen LogP contribution in [0.15, 0.2) is 53.3 Å². The number of hydrogen-bond donors (Lipinski definition) is 2. The molecule has 0 atom stereocenters. The van der Waals surface area contributed by atoms with Crippen LogP contribution >= 0.6 is 0 Å². The van der Waals surface area contributed by atoms with Gasteiger partial charge >= 0.3 is 0 Å². The van der Waals surface area contributed by atoms with Gasteiger partial charge in [-0.05, 0) is 60.7 Å². The molecule has 0 spiro atoms. The molecule has 25 heavy (non-hydrogen) atoms. The first kappa shape index (κ1) is 16.5. The van der Waals surface area contributed by atoms with Gasteiger partial charge in [-0.1, -0.05) is 12.1 Å². The monoisotopic (exact) mass is 331 g/mol. The number of pyridine rings is 1. The number of H-pyrrole nitrogens is 1. The lowest BCUT2D eigenvalue weighted by molar-refractivity contribution is -0.116. The summed E-state index contributed by atoms with van der Waals surface area (Å²) in [5.74, 6) is -0.104. The summed E-state index contributed by atoms with van der Waals surface area (Å²) in [5, 5.41) is 12.6. The minimum atomic E-state index is -0.104. The quantitative estimate of drug-likeness (QED) is 0.769. The van der Waals surface area contributed by atoms with Gasteiger partial charge in [0.1, 0.15) is 0 Å². The number of aromatic amines is 1. The van der Waals surface area contributed by atoms with Crippen molar-refractivity contribution in [3.63, 3.8) is 0 Å². The van der Waals surface area contributed by atoms with Gasteiger partial charge in [0.15, 0.2) is 0 Å². The maximum atomic E-state index is 12.1. The Morgan fingerprint density at radius 1 is 1.20 bits per heavy atom. The van der Waals surface area contributed by atoms with E-state index in [-0.39, 0.29) is 11.5 Å². The number of fused-ring (bicyclic) bond motifs is 1. The van der Waals surface area contributed by atoms with Crippen LogP contribution in [-0.4, -0.2) is 10.9 Å². The molecule has 5 nitrogen and oxygen atoms in total. The number of rotatable bonds is 4. The Morgan fingerprint density at radius 3 is 2.84 bits per heavy atom. The highest BCUT2D eigenvalue weighted by Crippen LogP contribution is 2.16. The van der Waals surface area contributed by atoms with Crippen molar-refractivity contribution in [1.82, 2.24) is 4.98 Å². The highest BCUT2D eigenvalue weighted by Gasteiger charge is 2.06. The van der Waals surface area contributed by atoms with Crippen LogP contribution in [0.5, 0.6) is 0 Å². The molecule has 5 heteroatoms. The summed E-state index contributed by atoms with van der Waals surface area (Å²) in [7, 11) is 0. The van der Waals surface area contributed by atoms with Crippen molar-refractivity contribution >= 4 is 22.5 Å². The van der Waals surface area contributed by atoms with Gasteiger partial charge in [0.05, 0.1) is 11.6 Å². The summed E-state index contributed by atoms with van der Waals surface area (Å²) >= 11 is 0. The molecule has 3 rings (SSSR count). The van der Waals surface area contributed by atoms with Gasteiger partial charge in [-0.15, -0.1) is 0 Å². The minimum Gasteiger partial charge on any atom is -0.326 e. The molecule has 0 aliphatic carbocycles. The Kier molecular flexibility index (Phi) is 4.62. The summed E-state index contributed by atoms with van der Waals surface area (Å²) in [4.78, 5) is 26.6. The van der Waals surface area contributed by atoms with Crippen LogP contribution in [-0.2, 0) is 11.2 Å². The first-order valence-electron chi connectivity index (χ1n) is 7.98. The van der Waals surface area contributed by atoms with E-state index in [1.54, 1.807) is 31.2 Å². The Morgan fingerprint density at radius 2 is 2.04 bits per heavy atom. The second-order valence-corrected chi connectivity index (χ2v) is 5.94. The third-order valence-corrected chi connectivity index (χ3v) is 4.01. The fourth-order valence-corrected chi connectivity index (χ4v) is 2.67. The zero-order chi connectivity index (χ0) is 17.8. The topological polar surface area (TPSA) is 85.8 Å². The van der Waals surface area contributed by atoms with Crippen LogP contribution in [0, 0.1) is 18.3 Å². The predicted molar refractivity (Wildman–Crippen MR) is 97.4 cm³/mol. The molecular formula is C20H17N3O2. The molecule has 0 radical (unpaired) electrons. The number of nitrogens with one attached hydrogen (secondary N) is 2. The van der Waals surface area contributed by atoms with Crippen molar-refractivity contribution in [3.05, 3.63) is 75.6 Å².